The van der Waals surface area contributed by atoms with Crippen molar-refractivity contribution in [1.82, 2.24) is 39.6 Å². The summed E-state index contributed by atoms with van der Waals surface area (Å²) in [6.07, 6.45) is -0.807. The van der Waals surface area contributed by atoms with Crippen molar-refractivity contribution < 1.29 is 23.1 Å². The fourth-order valence-electron chi connectivity index (χ4n) is 3.54. The first-order chi connectivity index (χ1) is 17.2. The van der Waals surface area contributed by atoms with Crippen LogP contribution >= 0.6 is 0 Å². The average molecular weight is 504 g/mol. The summed E-state index contributed by atoms with van der Waals surface area (Å²) in [5, 5.41) is 23.2. The Morgan fingerprint density at radius 1 is 1.08 bits per heavy atom. The first kappa shape index (κ1) is 24.7. The standard InChI is InChI=1S/C19H18N8O2.C2HF3O2/c28-18-14-6-8-20-9-7-16(14)21-11-25(18)12-26-19(29)15-10-22-27(17(15)23-24-26)13-4-2-1-3-5-13;3-2(4,5)1(6)7/h1-5,10-11,20H,6-9,12H2;(H,6,7). The first-order valence-electron chi connectivity index (χ1n) is 10.6. The van der Waals surface area contributed by atoms with Gasteiger partial charge in [-0.15, -0.1) is 5.10 Å². The van der Waals surface area contributed by atoms with E-state index in [4.69, 9.17) is 9.90 Å². The van der Waals surface area contributed by atoms with E-state index in [0.29, 0.717) is 23.0 Å². The Bertz CT molecular complexity index is 1510. The van der Waals surface area contributed by atoms with Crippen molar-refractivity contribution in [3.8, 4) is 5.69 Å². The monoisotopic (exact) mass is 504 g/mol. The number of benzene rings is 1. The molecule has 5 rings (SSSR count). The average Bonchev–Trinajstić information content (AvgIpc) is 3.14. The van der Waals surface area contributed by atoms with Gasteiger partial charge in [0, 0.05) is 18.5 Å². The van der Waals surface area contributed by atoms with Gasteiger partial charge < -0.3 is 10.4 Å². The Hall–Kier alpha value is -4.40. The highest BCUT2D eigenvalue weighted by molar-refractivity contribution is 5.74. The molecule has 0 saturated heterocycles. The number of aliphatic carboxylic acids is 1. The second-order valence-corrected chi connectivity index (χ2v) is 7.66. The normalized spacial score (nSPS) is 13.4. The van der Waals surface area contributed by atoms with Crippen LogP contribution in [0, 0.1) is 0 Å². The van der Waals surface area contributed by atoms with Crippen molar-refractivity contribution in [2.24, 2.45) is 0 Å². The quantitative estimate of drug-likeness (QED) is 0.403. The van der Waals surface area contributed by atoms with E-state index >= 15 is 0 Å². The summed E-state index contributed by atoms with van der Waals surface area (Å²) in [7, 11) is 0. The van der Waals surface area contributed by atoms with Crippen LogP contribution in [0.15, 0.2) is 52.4 Å². The number of hydrogen-bond donors (Lipinski definition) is 2. The molecule has 188 valence electrons. The van der Waals surface area contributed by atoms with Gasteiger partial charge in [-0.1, -0.05) is 23.4 Å². The van der Waals surface area contributed by atoms with Crippen LogP contribution in [0.25, 0.3) is 16.7 Å². The SMILES string of the molecule is O=C(O)C(F)(F)F.O=c1c2c(ncn1Cn1nnc3c(cnn3-c3ccccc3)c1=O)CCNCC2. The number of fused-ring (bicyclic) bond motifs is 2. The Balaban J connectivity index is 0.000000384. The van der Waals surface area contributed by atoms with Gasteiger partial charge in [-0.25, -0.2) is 14.5 Å². The van der Waals surface area contributed by atoms with Gasteiger partial charge in [-0.05, 0) is 25.1 Å². The van der Waals surface area contributed by atoms with Crippen molar-refractivity contribution in [2.45, 2.75) is 25.7 Å². The maximum atomic E-state index is 12.9. The zero-order valence-corrected chi connectivity index (χ0v) is 18.5. The molecule has 2 N–H and O–H groups in total. The van der Waals surface area contributed by atoms with Crippen molar-refractivity contribution in [1.29, 1.82) is 0 Å². The molecule has 1 aliphatic heterocycles. The third-order valence-corrected chi connectivity index (χ3v) is 5.30. The van der Waals surface area contributed by atoms with Crippen molar-refractivity contribution in [2.75, 3.05) is 13.1 Å². The van der Waals surface area contributed by atoms with Gasteiger partial charge in [0.05, 0.1) is 23.9 Å². The number of carbonyl (C=O) groups is 1. The third-order valence-electron chi connectivity index (χ3n) is 5.30. The summed E-state index contributed by atoms with van der Waals surface area (Å²) in [5.41, 5.74) is 2.16. The predicted octanol–water partition coefficient (Wildman–Crippen LogP) is 0.361. The number of carboxylic acid groups (broad SMARTS) is 1. The molecule has 4 aromatic rings. The summed E-state index contributed by atoms with van der Waals surface area (Å²) >= 11 is 0. The lowest BCUT2D eigenvalue weighted by atomic mass is 10.1. The third kappa shape index (κ3) is 5.14. The molecular formula is C21H19F3N8O4. The molecule has 0 aliphatic carbocycles. The van der Waals surface area contributed by atoms with Gasteiger partial charge in [-0.2, -0.15) is 23.0 Å². The molecule has 0 unspecified atom stereocenters. The van der Waals surface area contributed by atoms with Crippen LogP contribution in [0.3, 0.4) is 0 Å². The van der Waals surface area contributed by atoms with Gasteiger partial charge in [-0.3, -0.25) is 14.2 Å². The summed E-state index contributed by atoms with van der Waals surface area (Å²) in [6.45, 7) is 1.49. The molecular weight excluding hydrogens is 485 g/mol. The summed E-state index contributed by atoms with van der Waals surface area (Å²) in [4.78, 5) is 39.1. The summed E-state index contributed by atoms with van der Waals surface area (Å²) in [5.74, 6) is -2.76. The highest BCUT2D eigenvalue weighted by Gasteiger charge is 2.38. The molecule has 0 fully saturated rings. The Morgan fingerprint density at radius 3 is 2.47 bits per heavy atom. The summed E-state index contributed by atoms with van der Waals surface area (Å²) in [6, 6.07) is 9.40. The minimum Gasteiger partial charge on any atom is -0.475 e. The Kier molecular flexibility index (Phi) is 6.91. The molecule has 0 spiro atoms. The van der Waals surface area contributed by atoms with Crippen molar-refractivity contribution in [3.63, 3.8) is 0 Å². The number of halogens is 3. The van der Waals surface area contributed by atoms with Crippen LogP contribution in [-0.4, -0.2) is 64.7 Å². The first-order valence-corrected chi connectivity index (χ1v) is 10.6. The molecule has 0 radical (unpaired) electrons. The number of para-hydroxylation sites is 1. The van der Waals surface area contributed by atoms with E-state index in [1.165, 1.54) is 17.1 Å². The van der Waals surface area contributed by atoms with Crippen LogP contribution < -0.4 is 16.4 Å². The maximum absolute atomic E-state index is 12.9. The van der Waals surface area contributed by atoms with Crippen LogP contribution in [0.4, 0.5) is 13.2 Å². The van der Waals surface area contributed by atoms with E-state index in [1.54, 1.807) is 4.68 Å². The molecule has 0 saturated carbocycles. The predicted molar refractivity (Wildman–Crippen MR) is 119 cm³/mol. The molecule has 36 heavy (non-hydrogen) atoms. The highest BCUT2D eigenvalue weighted by Crippen LogP contribution is 2.13. The molecule has 0 atom stereocenters. The molecule has 4 heterocycles. The molecule has 3 aromatic heterocycles. The minimum absolute atomic E-state index is 0.0508. The molecule has 15 heteroatoms. The number of nitrogens with one attached hydrogen (secondary N) is 1. The second kappa shape index (κ2) is 10.1. The molecule has 0 bridgehead atoms. The van der Waals surface area contributed by atoms with Crippen LogP contribution in [0.1, 0.15) is 11.3 Å². The van der Waals surface area contributed by atoms with Crippen molar-refractivity contribution in [3.05, 3.63) is 74.8 Å². The van der Waals surface area contributed by atoms with Gasteiger partial charge >= 0.3 is 12.1 Å². The lowest BCUT2D eigenvalue weighted by Gasteiger charge is -2.10. The largest absolute Gasteiger partial charge is 0.490 e. The number of carboxylic acids is 1. The smallest absolute Gasteiger partial charge is 0.475 e. The Morgan fingerprint density at radius 2 is 1.78 bits per heavy atom. The van der Waals surface area contributed by atoms with Gasteiger partial charge in [0.25, 0.3) is 11.1 Å². The Labute approximate surface area is 199 Å². The van der Waals surface area contributed by atoms with E-state index in [-0.39, 0.29) is 17.8 Å². The van der Waals surface area contributed by atoms with Gasteiger partial charge in [0.15, 0.2) is 5.65 Å². The number of nitrogens with zero attached hydrogens (tertiary/aromatic N) is 7. The van der Waals surface area contributed by atoms with E-state index in [1.807, 2.05) is 30.3 Å². The molecule has 1 aliphatic rings. The number of rotatable bonds is 3. The van der Waals surface area contributed by atoms with Gasteiger partial charge in [0.1, 0.15) is 12.1 Å². The van der Waals surface area contributed by atoms with Crippen molar-refractivity contribution >= 4 is 17.0 Å². The molecule has 1 aromatic carbocycles. The van der Waals surface area contributed by atoms with E-state index < -0.39 is 12.1 Å². The number of hydrogen-bond acceptors (Lipinski definition) is 8. The van der Waals surface area contributed by atoms with Gasteiger partial charge in [0.2, 0.25) is 0 Å². The fourth-order valence-corrected chi connectivity index (χ4v) is 3.54. The topological polar surface area (TPSA) is 150 Å². The zero-order valence-electron chi connectivity index (χ0n) is 18.5. The maximum Gasteiger partial charge on any atom is 0.490 e. The van der Waals surface area contributed by atoms with Crippen LogP contribution in [-0.2, 0) is 24.3 Å². The second-order valence-electron chi connectivity index (χ2n) is 7.66. The number of alkyl halides is 3. The van der Waals surface area contributed by atoms with E-state index in [9.17, 15) is 22.8 Å². The lowest BCUT2D eigenvalue weighted by molar-refractivity contribution is -0.192. The van der Waals surface area contributed by atoms with Crippen LogP contribution in [0.2, 0.25) is 0 Å². The fraction of sp³-hybridized carbons (Fsp3) is 0.286. The lowest BCUT2D eigenvalue weighted by Crippen LogP contribution is -2.34. The van der Waals surface area contributed by atoms with E-state index in [0.717, 1.165) is 35.6 Å². The minimum atomic E-state index is -5.08. The molecule has 12 nitrogen and oxygen atoms in total. The van der Waals surface area contributed by atoms with Crippen LogP contribution in [0.5, 0.6) is 0 Å². The highest BCUT2D eigenvalue weighted by atomic mass is 19.4. The summed E-state index contributed by atoms with van der Waals surface area (Å²) < 4.78 is 35.9. The number of aromatic nitrogens is 7. The molecule has 0 amide bonds. The van der Waals surface area contributed by atoms with E-state index in [2.05, 4.69) is 25.7 Å². The zero-order chi connectivity index (χ0) is 25.9.